The molecule has 0 spiro atoms. The van der Waals surface area contributed by atoms with Crippen LogP contribution in [0.2, 0.25) is 0 Å². The number of ether oxygens (including phenoxy) is 2. The number of rotatable bonds is 2. The van der Waals surface area contributed by atoms with Gasteiger partial charge >= 0.3 is 5.97 Å². The largest absolute Gasteiger partial charge is 0.492 e. The van der Waals surface area contributed by atoms with E-state index in [1.165, 1.54) is 25.0 Å². The Kier molecular flexibility index (Phi) is 2.78. The first-order chi connectivity index (χ1) is 8.51. The molecule has 0 amide bonds. The molecule has 2 rings (SSSR count). The van der Waals surface area contributed by atoms with Gasteiger partial charge in [0.25, 0.3) is 0 Å². The number of hydrogen-bond donors (Lipinski definition) is 0. The zero-order chi connectivity index (χ0) is 13.4. The SMILES string of the molecule is COC(=O)c1cn(C)c2c1C(=O)C(OC)=CC2=O. The number of aromatic nitrogens is 1. The van der Waals surface area contributed by atoms with E-state index >= 15 is 0 Å². The Hall–Kier alpha value is -2.37. The van der Waals surface area contributed by atoms with Crippen molar-refractivity contribution in [2.45, 2.75) is 0 Å². The van der Waals surface area contributed by atoms with Gasteiger partial charge in [0.15, 0.2) is 5.76 Å². The van der Waals surface area contributed by atoms with E-state index in [2.05, 4.69) is 4.74 Å². The molecule has 0 aliphatic heterocycles. The van der Waals surface area contributed by atoms with Gasteiger partial charge in [-0.15, -0.1) is 0 Å². The van der Waals surface area contributed by atoms with Gasteiger partial charge in [-0.3, -0.25) is 9.59 Å². The standard InChI is InChI=1S/C12H11NO5/c1-13-5-6(12(16)18-3)9-10(13)7(14)4-8(17-2)11(9)15/h4-5H,1-3H3. The first-order valence-electron chi connectivity index (χ1n) is 5.13. The van der Waals surface area contributed by atoms with Crippen LogP contribution in [0, 0.1) is 0 Å². The number of nitrogens with zero attached hydrogens (tertiary/aromatic N) is 1. The fourth-order valence-electron chi connectivity index (χ4n) is 1.95. The van der Waals surface area contributed by atoms with Crippen molar-refractivity contribution in [1.29, 1.82) is 0 Å². The number of esters is 1. The van der Waals surface area contributed by atoms with E-state index in [0.717, 1.165) is 6.08 Å². The summed E-state index contributed by atoms with van der Waals surface area (Å²) in [7, 11) is 4.09. The zero-order valence-electron chi connectivity index (χ0n) is 10.1. The molecule has 0 fully saturated rings. The molecule has 1 heterocycles. The van der Waals surface area contributed by atoms with E-state index < -0.39 is 11.8 Å². The summed E-state index contributed by atoms with van der Waals surface area (Å²) in [5, 5.41) is 0. The minimum absolute atomic E-state index is 0.0358. The number of carbonyl (C=O) groups is 3. The highest BCUT2D eigenvalue weighted by Gasteiger charge is 2.34. The Balaban J connectivity index is 2.69. The molecule has 6 nitrogen and oxygen atoms in total. The first kappa shape index (κ1) is 12.1. The Morgan fingerprint density at radius 2 is 1.94 bits per heavy atom. The van der Waals surface area contributed by atoms with Gasteiger partial charge in [0.2, 0.25) is 11.6 Å². The molecule has 0 aromatic carbocycles. The number of hydrogen-bond acceptors (Lipinski definition) is 5. The fraction of sp³-hybridized carbons (Fsp3) is 0.250. The van der Waals surface area contributed by atoms with Gasteiger partial charge in [-0.25, -0.2) is 4.79 Å². The molecule has 0 saturated carbocycles. The molecular formula is C12H11NO5. The highest BCUT2D eigenvalue weighted by molar-refractivity contribution is 6.26. The number of Topliss-reactive ketones (excluding diaryl/α,β-unsaturated/α-hetero) is 1. The third-order valence-corrected chi connectivity index (χ3v) is 2.75. The minimum Gasteiger partial charge on any atom is -0.492 e. The van der Waals surface area contributed by atoms with Crippen molar-refractivity contribution in [3.8, 4) is 0 Å². The maximum atomic E-state index is 12.1. The summed E-state index contributed by atoms with van der Waals surface area (Å²) in [6, 6.07) is 0. The Morgan fingerprint density at radius 3 is 2.50 bits per heavy atom. The number of ketones is 2. The van der Waals surface area contributed by atoms with Gasteiger partial charge in [0, 0.05) is 19.3 Å². The molecule has 0 unspecified atom stereocenters. The highest BCUT2D eigenvalue weighted by atomic mass is 16.5. The van der Waals surface area contributed by atoms with Gasteiger partial charge in [-0.2, -0.15) is 0 Å². The predicted molar refractivity (Wildman–Crippen MR) is 60.5 cm³/mol. The van der Waals surface area contributed by atoms with Crippen molar-refractivity contribution >= 4 is 17.5 Å². The smallest absolute Gasteiger partial charge is 0.340 e. The summed E-state index contributed by atoms with van der Waals surface area (Å²) in [4.78, 5) is 35.5. The Bertz CT molecular complexity index is 594. The monoisotopic (exact) mass is 249 g/mol. The lowest BCUT2D eigenvalue weighted by Crippen LogP contribution is -2.21. The number of methoxy groups -OCH3 is 2. The van der Waals surface area contributed by atoms with Crippen molar-refractivity contribution in [3.63, 3.8) is 0 Å². The van der Waals surface area contributed by atoms with Gasteiger partial charge in [0.1, 0.15) is 5.69 Å². The Labute approximate surface area is 103 Å². The van der Waals surface area contributed by atoms with Crippen LogP contribution in [0.15, 0.2) is 18.0 Å². The molecule has 0 bridgehead atoms. The quantitative estimate of drug-likeness (QED) is 0.722. The number of allylic oxidation sites excluding steroid dienone is 2. The minimum atomic E-state index is -0.662. The van der Waals surface area contributed by atoms with E-state index in [0.29, 0.717) is 0 Å². The predicted octanol–water partition coefficient (Wildman–Crippen LogP) is 0.721. The van der Waals surface area contributed by atoms with Gasteiger partial charge in [0.05, 0.1) is 25.3 Å². The maximum Gasteiger partial charge on any atom is 0.340 e. The third-order valence-electron chi connectivity index (χ3n) is 2.75. The molecule has 0 N–H and O–H groups in total. The topological polar surface area (TPSA) is 74.6 Å². The van der Waals surface area contributed by atoms with E-state index in [1.54, 1.807) is 7.05 Å². The molecule has 0 saturated heterocycles. The highest BCUT2D eigenvalue weighted by Crippen LogP contribution is 2.26. The zero-order valence-corrected chi connectivity index (χ0v) is 10.1. The molecule has 94 valence electrons. The molecule has 0 atom stereocenters. The average Bonchev–Trinajstić information content (AvgIpc) is 2.71. The molecule has 6 heteroatoms. The summed E-state index contributed by atoms with van der Waals surface area (Å²) < 4.78 is 10.9. The van der Waals surface area contributed by atoms with Crippen molar-refractivity contribution in [2.75, 3.05) is 14.2 Å². The Morgan fingerprint density at radius 1 is 1.28 bits per heavy atom. The normalized spacial score (nSPS) is 14.1. The van der Waals surface area contributed by atoms with E-state index in [1.807, 2.05) is 0 Å². The maximum absolute atomic E-state index is 12.1. The molecule has 0 radical (unpaired) electrons. The number of fused-ring (bicyclic) bond motifs is 1. The average molecular weight is 249 g/mol. The second kappa shape index (κ2) is 4.14. The summed E-state index contributed by atoms with van der Waals surface area (Å²) in [6.45, 7) is 0. The van der Waals surface area contributed by atoms with Crippen molar-refractivity contribution in [2.24, 2.45) is 7.05 Å². The van der Waals surface area contributed by atoms with Crippen LogP contribution >= 0.6 is 0 Å². The van der Waals surface area contributed by atoms with Crippen LogP contribution in [0.1, 0.15) is 31.2 Å². The second-order valence-corrected chi connectivity index (χ2v) is 3.77. The molecule has 18 heavy (non-hydrogen) atoms. The van der Waals surface area contributed by atoms with Crippen LogP contribution in [0.5, 0.6) is 0 Å². The van der Waals surface area contributed by atoms with Crippen LogP contribution < -0.4 is 0 Å². The lowest BCUT2D eigenvalue weighted by atomic mass is 9.97. The van der Waals surface area contributed by atoms with E-state index in [9.17, 15) is 14.4 Å². The summed E-state index contributed by atoms with van der Waals surface area (Å²) in [5.41, 5.74) is 0.269. The number of aryl methyl sites for hydroxylation is 1. The summed E-state index contributed by atoms with van der Waals surface area (Å²) in [6.07, 6.45) is 2.52. The second-order valence-electron chi connectivity index (χ2n) is 3.77. The van der Waals surface area contributed by atoms with Crippen LogP contribution in [0.4, 0.5) is 0 Å². The fourth-order valence-corrected chi connectivity index (χ4v) is 1.95. The van der Waals surface area contributed by atoms with Crippen LogP contribution in [-0.4, -0.2) is 36.3 Å². The molecular weight excluding hydrogens is 238 g/mol. The van der Waals surface area contributed by atoms with Crippen LogP contribution in [0.25, 0.3) is 0 Å². The third kappa shape index (κ3) is 1.54. The lowest BCUT2D eigenvalue weighted by molar-refractivity contribution is 0.0597. The van der Waals surface area contributed by atoms with Gasteiger partial charge in [-0.1, -0.05) is 0 Å². The van der Waals surface area contributed by atoms with E-state index in [4.69, 9.17) is 4.74 Å². The van der Waals surface area contributed by atoms with Crippen LogP contribution in [0.3, 0.4) is 0 Å². The summed E-state index contributed by atoms with van der Waals surface area (Å²) >= 11 is 0. The van der Waals surface area contributed by atoms with Gasteiger partial charge < -0.3 is 14.0 Å². The van der Waals surface area contributed by atoms with Crippen molar-refractivity contribution < 1.29 is 23.9 Å². The van der Waals surface area contributed by atoms with E-state index in [-0.39, 0.29) is 28.4 Å². The summed E-state index contributed by atoms with van der Waals surface area (Å²) in [5.74, 6) is -1.61. The number of carbonyl (C=O) groups excluding carboxylic acids is 3. The molecule has 1 aromatic heterocycles. The first-order valence-corrected chi connectivity index (χ1v) is 5.13. The van der Waals surface area contributed by atoms with Gasteiger partial charge in [-0.05, 0) is 0 Å². The molecule has 1 aliphatic carbocycles. The molecule has 1 aliphatic rings. The lowest BCUT2D eigenvalue weighted by Gasteiger charge is -2.12. The van der Waals surface area contributed by atoms with Crippen LogP contribution in [-0.2, 0) is 16.5 Å². The molecule has 1 aromatic rings. The van der Waals surface area contributed by atoms with Crippen molar-refractivity contribution in [1.82, 2.24) is 4.57 Å². The van der Waals surface area contributed by atoms with Crippen molar-refractivity contribution in [3.05, 3.63) is 34.9 Å².